The number of pyridine rings is 1. The molecule has 0 amide bonds. The van der Waals surface area contributed by atoms with Gasteiger partial charge < -0.3 is 15.8 Å². The lowest BCUT2D eigenvalue weighted by Gasteiger charge is -2.10. The van der Waals surface area contributed by atoms with E-state index in [9.17, 15) is 0 Å². The zero-order chi connectivity index (χ0) is 14.4. The van der Waals surface area contributed by atoms with Crippen LogP contribution in [0.3, 0.4) is 0 Å². The number of guanidine groups is 1. The van der Waals surface area contributed by atoms with Gasteiger partial charge in [0, 0.05) is 12.4 Å². The number of rotatable bonds is 4. The number of aryl methyl sites for hydroxylation is 1. The fraction of sp³-hybridized carbons (Fsp3) is 0.200. The molecule has 0 spiro atoms. The molecular weight excluding hydrogens is 379 g/mol. The summed E-state index contributed by atoms with van der Waals surface area (Å²) in [5.41, 5.74) is 8.80. The van der Waals surface area contributed by atoms with Crippen molar-refractivity contribution in [1.29, 1.82) is 0 Å². The van der Waals surface area contributed by atoms with E-state index in [1.54, 1.807) is 13.3 Å². The molecule has 0 unspecified atom stereocenters. The number of methoxy groups -OCH3 is 1. The van der Waals surface area contributed by atoms with Gasteiger partial charge in [-0.1, -0.05) is 18.2 Å². The van der Waals surface area contributed by atoms with Crippen LogP contribution in [-0.2, 0) is 6.54 Å². The minimum absolute atomic E-state index is 0. The lowest BCUT2D eigenvalue weighted by atomic mass is 10.2. The standard InChI is InChI=1S/C15H18N4O.HI/c1-11-7-12(9-17-8-11)10-18-15(16)19-13-5-3-4-6-14(13)20-2;/h3-9H,10H2,1-2H3,(H3,16,18,19);1H. The zero-order valence-corrected chi connectivity index (χ0v) is 14.4. The van der Waals surface area contributed by atoms with Gasteiger partial charge in [-0.3, -0.25) is 4.98 Å². The lowest BCUT2D eigenvalue weighted by molar-refractivity contribution is 0.417. The van der Waals surface area contributed by atoms with Crippen LogP contribution in [0.5, 0.6) is 5.75 Å². The van der Waals surface area contributed by atoms with Crippen LogP contribution >= 0.6 is 24.0 Å². The van der Waals surface area contributed by atoms with E-state index in [-0.39, 0.29) is 24.0 Å². The fourth-order valence-corrected chi connectivity index (χ4v) is 1.81. The molecule has 0 saturated carbocycles. The normalized spacial score (nSPS) is 10.7. The van der Waals surface area contributed by atoms with E-state index in [2.05, 4.69) is 15.3 Å². The first-order valence-corrected chi connectivity index (χ1v) is 6.29. The molecule has 0 bridgehead atoms. The molecule has 21 heavy (non-hydrogen) atoms. The van der Waals surface area contributed by atoms with Crippen molar-refractivity contribution in [2.24, 2.45) is 10.7 Å². The quantitative estimate of drug-likeness (QED) is 0.472. The van der Waals surface area contributed by atoms with Crippen molar-refractivity contribution in [2.45, 2.75) is 13.5 Å². The van der Waals surface area contributed by atoms with Gasteiger partial charge in [-0.05, 0) is 30.2 Å². The number of anilines is 1. The largest absolute Gasteiger partial charge is 0.495 e. The van der Waals surface area contributed by atoms with Gasteiger partial charge in [0.1, 0.15) is 5.75 Å². The van der Waals surface area contributed by atoms with E-state index in [1.165, 1.54) is 0 Å². The van der Waals surface area contributed by atoms with Crippen molar-refractivity contribution in [1.82, 2.24) is 4.98 Å². The first-order chi connectivity index (χ1) is 9.69. The zero-order valence-electron chi connectivity index (χ0n) is 12.0. The third-order valence-electron chi connectivity index (χ3n) is 2.73. The minimum atomic E-state index is 0. The summed E-state index contributed by atoms with van der Waals surface area (Å²) in [6, 6.07) is 9.58. The van der Waals surface area contributed by atoms with Crippen LogP contribution < -0.4 is 15.8 Å². The van der Waals surface area contributed by atoms with E-state index >= 15 is 0 Å². The van der Waals surface area contributed by atoms with E-state index in [1.807, 2.05) is 43.5 Å². The van der Waals surface area contributed by atoms with E-state index < -0.39 is 0 Å². The molecule has 0 aliphatic carbocycles. The van der Waals surface area contributed by atoms with Gasteiger partial charge in [-0.25, -0.2) is 4.99 Å². The highest BCUT2D eigenvalue weighted by Crippen LogP contribution is 2.22. The first kappa shape index (κ1) is 17.2. The van der Waals surface area contributed by atoms with Crippen molar-refractivity contribution in [3.8, 4) is 5.75 Å². The van der Waals surface area contributed by atoms with E-state index in [0.29, 0.717) is 12.5 Å². The Kier molecular flexibility index (Phi) is 6.93. The number of ether oxygens (including phenoxy) is 1. The molecule has 0 aliphatic rings. The lowest BCUT2D eigenvalue weighted by Crippen LogP contribution is -2.22. The Morgan fingerprint density at radius 3 is 2.81 bits per heavy atom. The number of aliphatic imine (C=N–C) groups is 1. The topological polar surface area (TPSA) is 72.5 Å². The maximum atomic E-state index is 5.88. The monoisotopic (exact) mass is 398 g/mol. The van der Waals surface area contributed by atoms with Gasteiger partial charge in [-0.2, -0.15) is 0 Å². The number of nitrogens with one attached hydrogen (secondary N) is 1. The van der Waals surface area contributed by atoms with Crippen LogP contribution in [0.4, 0.5) is 5.69 Å². The van der Waals surface area contributed by atoms with E-state index in [4.69, 9.17) is 10.5 Å². The number of benzene rings is 1. The maximum Gasteiger partial charge on any atom is 0.193 e. The summed E-state index contributed by atoms with van der Waals surface area (Å²) in [5, 5.41) is 3.03. The predicted molar refractivity (Wildman–Crippen MR) is 96.3 cm³/mol. The number of para-hydroxylation sites is 2. The van der Waals surface area contributed by atoms with Crippen molar-refractivity contribution in [3.63, 3.8) is 0 Å². The molecule has 0 radical (unpaired) electrons. The molecule has 1 aromatic heterocycles. The summed E-state index contributed by atoms with van der Waals surface area (Å²) < 4.78 is 5.24. The van der Waals surface area contributed by atoms with Gasteiger partial charge in [-0.15, -0.1) is 24.0 Å². The molecule has 0 atom stereocenters. The summed E-state index contributed by atoms with van der Waals surface area (Å²) >= 11 is 0. The second-order valence-electron chi connectivity index (χ2n) is 4.40. The number of hydrogen-bond donors (Lipinski definition) is 2. The highest BCUT2D eigenvalue weighted by molar-refractivity contribution is 14.0. The molecule has 0 saturated heterocycles. The minimum Gasteiger partial charge on any atom is -0.495 e. The Labute approximate surface area is 141 Å². The molecule has 0 fully saturated rings. The number of hydrogen-bond acceptors (Lipinski definition) is 3. The molecular formula is C15H19IN4O. The molecule has 0 aliphatic heterocycles. The molecule has 6 heteroatoms. The Morgan fingerprint density at radius 2 is 2.10 bits per heavy atom. The van der Waals surface area contributed by atoms with Gasteiger partial charge in [0.25, 0.3) is 0 Å². The van der Waals surface area contributed by atoms with Crippen molar-refractivity contribution < 1.29 is 4.74 Å². The average molecular weight is 398 g/mol. The molecule has 2 aromatic rings. The van der Waals surface area contributed by atoms with Crippen LogP contribution in [0.15, 0.2) is 47.7 Å². The highest BCUT2D eigenvalue weighted by Gasteiger charge is 2.02. The van der Waals surface area contributed by atoms with Crippen LogP contribution in [-0.4, -0.2) is 18.1 Å². The summed E-state index contributed by atoms with van der Waals surface area (Å²) in [7, 11) is 1.62. The number of nitrogens with two attached hydrogens (primary N) is 1. The third kappa shape index (κ3) is 5.22. The van der Waals surface area contributed by atoms with E-state index in [0.717, 1.165) is 22.6 Å². The van der Waals surface area contributed by atoms with Crippen LogP contribution in [0.1, 0.15) is 11.1 Å². The SMILES string of the molecule is COc1ccccc1NC(N)=NCc1cncc(C)c1.I. The Hall–Kier alpha value is -1.83. The van der Waals surface area contributed by atoms with Crippen molar-refractivity contribution >= 4 is 35.6 Å². The molecule has 112 valence electrons. The van der Waals surface area contributed by atoms with Gasteiger partial charge in [0.2, 0.25) is 0 Å². The number of aromatic nitrogens is 1. The van der Waals surface area contributed by atoms with Crippen LogP contribution in [0.2, 0.25) is 0 Å². The van der Waals surface area contributed by atoms with Crippen molar-refractivity contribution in [3.05, 3.63) is 53.9 Å². The number of halogens is 1. The summed E-state index contributed by atoms with van der Waals surface area (Å²) in [4.78, 5) is 8.42. The molecule has 3 N–H and O–H groups in total. The average Bonchev–Trinajstić information content (AvgIpc) is 2.46. The summed E-state index contributed by atoms with van der Waals surface area (Å²) in [6.45, 7) is 2.49. The Balaban J connectivity index is 0.00000220. The Bertz CT molecular complexity index is 616. The van der Waals surface area contributed by atoms with Gasteiger partial charge in [0.05, 0.1) is 19.3 Å². The summed E-state index contributed by atoms with van der Waals surface area (Å²) in [6.07, 6.45) is 3.59. The maximum absolute atomic E-state index is 5.88. The second kappa shape index (κ2) is 8.46. The molecule has 2 rings (SSSR count). The van der Waals surface area contributed by atoms with Crippen LogP contribution in [0, 0.1) is 6.92 Å². The highest BCUT2D eigenvalue weighted by atomic mass is 127. The smallest absolute Gasteiger partial charge is 0.193 e. The summed E-state index contributed by atoms with van der Waals surface area (Å²) in [5.74, 6) is 1.07. The van der Waals surface area contributed by atoms with Gasteiger partial charge >= 0.3 is 0 Å². The predicted octanol–water partition coefficient (Wildman–Crippen LogP) is 2.94. The molecule has 1 aromatic carbocycles. The fourth-order valence-electron chi connectivity index (χ4n) is 1.81. The number of nitrogens with zero attached hydrogens (tertiary/aromatic N) is 2. The second-order valence-corrected chi connectivity index (χ2v) is 4.40. The van der Waals surface area contributed by atoms with Crippen molar-refractivity contribution in [2.75, 3.05) is 12.4 Å². The Morgan fingerprint density at radius 1 is 1.33 bits per heavy atom. The van der Waals surface area contributed by atoms with Gasteiger partial charge in [0.15, 0.2) is 5.96 Å². The third-order valence-corrected chi connectivity index (χ3v) is 2.73. The first-order valence-electron chi connectivity index (χ1n) is 6.29. The molecule has 5 nitrogen and oxygen atoms in total. The molecule has 1 heterocycles. The van der Waals surface area contributed by atoms with Crippen LogP contribution in [0.25, 0.3) is 0 Å².